The Morgan fingerprint density at radius 3 is 2.62 bits per heavy atom. The number of rotatable bonds is 4. The minimum atomic E-state index is -1.64. The molecule has 15 heteroatoms. The Hall–Kier alpha value is -2.98. The Morgan fingerprint density at radius 2 is 1.91 bits per heavy atom. The second-order valence-electron chi connectivity index (χ2n) is 12.5. The van der Waals surface area contributed by atoms with Gasteiger partial charge in [0.1, 0.15) is 16.9 Å². The fourth-order valence-electron chi connectivity index (χ4n) is 7.47. The van der Waals surface area contributed by atoms with Crippen molar-refractivity contribution in [1.29, 1.82) is 0 Å². The summed E-state index contributed by atoms with van der Waals surface area (Å²) in [7, 11) is -0.111. The van der Waals surface area contributed by atoms with Crippen LogP contribution in [0.15, 0.2) is 17.0 Å². The van der Waals surface area contributed by atoms with Crippen LogP contribution in [0.4, 0.5) is 19.7 Å². The van der Waals surface area contributed by atoms with E-state index in [2.05, 4.69) is 30.1 Å². The molecule has 5 unspecified atom stereocenters. The van der Waals surface area contributed by atoms with Crippen LogP contribution in [-0.4, -0.2) is 105 Å². The average Bonchev–Trinajstić information content (AvgIpc) is 3.77. The number of nitrogens with two attached hydrogens (primary N) is 1. The number of fused-ring (bicyclic) bond motifs is 5. The monoisotopic (exact) mass is 658 g/mol. The van der Waals surface area contributed by atoms with Crippen molar-refractivity contribution in [2.45, 2.75) is 67.3 Å². The third-order valence-corrected chi connectivity index (χ3v) is 12.1. The first-order valence-electron chi connectivity index (χ1n) is 15.6. The molecule has 0 aliphatic carbocycles. The molecule has 6 aliphatic rings. The lowest BCUT2D eigenvalue weighted by molar-refractivity contribution is -0.0218. The van der Waals surface area contributed by atoms with Crippen LogP contribution in [-0.2, 0) is 15.7 Å². The van der Waals surface area contributed by atoms with Crippen LogP contribution < -0.4 is 20.7 Å². The zero-order chi connectivity index (χ0) is 30.8. The first-order chi connectivity index (χ1) is 21.9. The molecule has 5 fully saturated rings. The van der Waals surface area contributed by atoms with Crippen molar-refractivity contribution in [3.63, 3.8) is 0 Å². The van der Waals surface area contributed by atoms with Gasteiger partial charge in [-0.2, -0.15) is 9.97 Å². The summed E-state index contributed by atoms with van der Waals surface area (Å²) in [4.78, 5) is 18.7. The maximum atomic E-state index is 14.6. The molecule has 3 N–H and O–H groups in total. The molecule has 45 heavy (non-hydrogen) atoms. The van der Waals surface area contributed by atoms with E-state index in [0.29, 0.717) is 75.8 Å². The van der Waals surface area contributed by atoms with E-state index in [9.17, 15) is 13.0 Å². The number of hydrogen-bond acceptors (Lipinski definition) is 11. The van der Waals surface area contributed by atoms with E-state index in [1.165, 1.54) is 26.0 Å². The van der Waals surface area contributed by atoms with Gasteiger partial charge in [-0.05, 0) is 56.9 Å². The summed E-state index contributed by atoms with van der Waals surface area (Å²) in [5.41, 5.74) is 8.18. The van der Waals surface area contributed by atoms with Crippen LogP contribution in [0.3, 0.4) is 0 Å². The topological polar surface area (TPSA) is 122 Å². The van der Waals surface area contributed by atoms with Gasteiger partial charge in [-0.1, -0.05) is 11.3 Å². The van der Waals surface area contributed by atoms with E-state index in [0.717, 1.165) is 50.2 Å². The number of nitrogens with one attached hydrogen (secondary N) is 1. The number of methoxy groups -OCH3 is 1. The van der Waals surface area contributed by atoms with Gasteiger partial charge in [0, 0.05) is 43.3 Å². The summed E-state index contributed by atoms with van der Waals surface area (Å²) in [6, 6.07) is 4.52. The van der Waals surface area contributed by atoms with Crippen molar-refractivity contribution in [2.75, 3.05) is 57.1 Å². The van der Waals surface area contributed by atoms with Crippen LogP contribution in [0.2, 0.25) is 0 Å². The predicted molar refractivity (Wildman–Crippen MR) is 170 cm³/mol. The van der Waals surface area contributed by atoms with E-state index < -0.39 is 17.2 Å². The van der Waals surface area contributed by atoms with Crippen molar-refractivity contribution < 1.29 is 22.5 Å². The molecule has 5 atom stereocenters. The number of benzene rings is 1. The molecule has 0 radical (unpaired) electrons. The Kier molecular flexibility index (Phi) is 7.63. The maximum Gasteiger partial charge on any atom is 0.318 e. The Morgan fingerprint density at radius 1 is 1.11 bits per heavy atom. The number of alkyl halides is 1. The number of aromatic nitrogens is 3. The zero-order valence-electron chi connectivity index (χ0n) is 25.0. The zero-order valence-corrected chi connectivity index (χ0v) is 26.6. The van der Waals surface area contributed by atoms with Crippen LogP contribution in [0.25, 0.3) is 22.0 Å². The molecule has 1 aromatic carbocycles. The largest absolute Gasteiger partial charge is 0.467 e. The van der Waals surface area contributed by atoms with E-state index in [1.807, 2.05) is 10.4 Å². The van der Waals surface area contributed by atoms with Crippen LogP contribution >= 0.6 is 11.3 Å². The van der Waals surface area contributed by atoms with E-state index in [-0.39, 0.29) is 23.0 Å². The Labute approximate surface area is 266 Å². The molecule has 0 amide bonds. The van der Waals surface area contributed by atoms with Crippen molar-refractivity contribution in [3.8, 4) is 6.01 Å². The lowest BCUT2D eigenvalue weighted by Gasteiger charge is -2.42. The number of halogens is 2. The number of thiazole rings is 1. The minimum Gasteiger partial charge on any atom is -0.467 e. The highest BCUT2D eigenvalue weighted by molar-refractivity contribution is 7.83. The summed E-state index contributed by atoms with van der Waals surface area (Å²) < 4.78 is 54.6. The molecule has 2 bridgehead atoms. The number of nitrogens with zero attached hydrogens (tertiary/aromatic N) is 6. The van der Waals surface area contributed by atoms with Crippen molar-refractivity contribution in [3.05, 3.63) is 29.2 Å². The molecule has 240 valence electrons. The molecule has 0 spiro atoms. The normalized spacial score (nSPS) is 29.2. The fourth-order valence-corrected chi connectivity index (χ4v) is 9.77. The molecule has 5 saturated heterocycles. The molecule has 3 aromatic rings. The minimum absolute atomic E-state index is 0.115. The van der Waals surface area contributed by atoms with Gasteiger partial charge >= 0.3 is 6.01 Å². The van der Waals surface area contributed by atoms with E-state index in [1.54, 1.807) is 6.07 Å². The smallest absolute Gasteiger partial charge is 0.318 e. The number of hydrogen-bond donors (Lipinski definition) is 2. The van der Waals surface area contributed by atoms with Gasteiger partial charge in [0.2, 0.25) is 0 Å². The summed E-state index contributed by atoms with van der Waals surface area (Å²) in [5.74, 6) is 0.246. The lowest BCUT2D eigenvalue weighted by Crippen LogP contribution is -2.52. The quantitative estimate of drug-likeness (QED) is 0.433. The first-order valence-corrected chi connectivity index (χ1v) is 17.5. The van der Waals surface area contributed by atoms with Gasteiger partial charge < -0.3 is 25.4 Å². The van der Waals surface area contributed by atoms with Gasteiger partial charge in [-0.3, -0.25) is 9.21 Å². The standard InChI is InChI=1S/C23H24FN7O3S2.C7H12FN/c1-33-23-27-16-6-17(14-4-5-15(24)19-18(14)28-22(25)35-19)31(13-9-34-10-13)36(32)20(16)21(29-23)30-7-11-2-3-12(8-30)26-11;8-6-4-7-2-1-3-9(7)5-6/h4-6,11-13,26H,2-3,7-10H2,1H3,(H2,25,28);6-7H,1-5H2. The molecule has 11 nitrogen and oxygen atoms in total. The number of piperazine rings is 1. The molecular weight excluding hydrogens is 623 g/mol. The van der Waals surface area contributed by atoms with E-state index in [4.69, 9.17) is 15.2 Å². The Bertz CT molecular complexity index is 1660. The second kappa shape index (κ2) is 11.7. The average molecular weight is 659 g/mol. The third-order valence-electron chi connectivity index (χ3n) is 9.62. The Balaban J connectivity index is 0.000000286. The van der Waals surface area contributed by atoms with Gasteiger partial charge in [0.25, 0.3) is 0 Å². The lowest BCUT2D eigenvalue weighted by atomic mass is 10.1. The highest BCUT2D eigenvalue weighted by atomic mass is 32.2. The fraction of sp³-hybridized carbons (Fsp3) is 0.567. The summed E-state index contributed by atoms with van der Waals surface area (Å²) >= 11 is 1.09. The number of anilines is 2. The van der Waals surface area contributed by atoms with Gasteiger partial charge in [-0.15, -0.1) is 0 Å². The maximum absolute atomic E-state index is 14.6. The van der Waals surface area contributed by atoms with Crippen molar-refractivity contribution in [1.82, 2.24) is 29.5 Å². The SMILES string of the molecule is COc1nc2c(c(N3CC4CCC(C3)N4)n1)S(=O)N(C1COC1)C(c1ccc(F)c3sc(N)nc13)=C2.FC1CC2CCCN2C1. The molecule has 8 heterocycles. The van der Waals surface area contributed by atoms with Crippen LogP contribution in [0.5, 0.6) is 6.01 Å². The highest BCUT2D eigenvalue weighted by Gasteiger charge is 2.42. The molecule has 6 aliphatic heterocycles. The molecule has 2 aromatic heterocycles. The first kappa shape index (κ1) is 29.4. The van der Waals surface area contributed by atoms with Crippen molar-refractivity contribution >= 4 is 55.3 Å². The summed E-state index contributed by atoms with van der Waals surface area (Å²) in [6.45, 7) is 4.29. The molecule has 0 saturated carbocycles. The third kappa shape index (κ3) is 5.25. The summed E-state index contributed by atoms with van der Waals surface area (Å²) in [6.07, 6.45) is 6.92. The van der Waals surface area contributed by atoms with Gasteiger partial charge in [0.15, 0.2) is 21.9 Å². The van der Waals surface area contributed by atoms with Crippen LogP contribution in [0, 0.1) is 5.82 Å². The van der Waals surface area contributed by atoms with E-state index >= 15 is 0 Å². The van der Waals surface area contributed by atoms with Gasteiger partial charge in [-0.25, -0.2) is 18.0 Å². The molecule has 9 rings (SSSR count). The second-order valence-corrected chi connectivity index (χ2v) is 14.9. The summed E-state index contributed by atoms with van der Waals surface area (Å²) in [5, 5.41) is 3.90. The molecular formula is C30H36F2N8O3S2. The van der Waals surface area contributed by atoms with Gasteiger partial charge in [0.05, 0.1) is 48.0 Å². The highest BCUT2D eigenvalue weighted by Crippen LogP contribution is 2.43. The number of ether oxygens (including phenoxy) is 2. The van der Waals surface area contributed by atoms with Crippen LogP contribution in [0.1, 0.15) is 43.4 Å². The van der Waals surface area contributed by atoms with Crippen molar-refractivity contribution in [2.24, 2.45) is 0 Å². The predicted octanol–water partition coefficient (Wildman–Crippen LogP) is 3.18. The number of nitrogen functional groups attached to an aromatic ring is 1.